The van der Waals surface area contributed by atoms with E-state index in [-0.39, 0.29) is 30.3 Å². The smallest absolute Gasteiger partial charge is 0.315 e. The molecule has 6 heteroatoms. The second-order valence-electron chi connectivity index (χ2n) is 6.21. The minimum atomic E-state index is -0.321. The lowest BCUT2D eigenvalue weighted by Gasteiger charge is -2.22. The number of hydrogen-bond acceptors (Lipinski definition) is 2. The minimum Gasteiger partial charge on any atom is -0.352 e. The predicted octanol–water partition coefficient (Wildman–Crippen LogP) is 2.85. The Labute approximate surface area is 142 Å². The second-order valence-corrected chi connectivity index (χ2v) is 6.21. The van der Waals surface area contributed by atoms with Gasteiger partial charge in [-0.25, -0.2) is 9.18 Å². The second kappa shape index (κ2) is 9.90. The van der Waals surface area contributed by atoms with Crippen molar-refractivity contribution < 1.29 is 14.0 Å². The molecule has 1 aromatic rings. The predicted molar refractivity (Wildman–Crippen MR) is 90.9 cm³/mol. The Hall–Kier alpha value is -2.11. The molecule has 1 aromatic carbocycles. The average molecular weight is 335 g/mol. The topological polar surface area (TPSA) is 70.2 Å². The van der Waals surface area contributed by atoms with Crippen LogP contribution in [0.3, 0.4) is 0 Å². The molecule has 5 nitrogen and oxygen atoms in total. The summed E-state index contributed by atoms with van der Waals surface area (Å²) in [6.45, 7) is 0.632. The van der Waals surface area contributed by atoms with Crippen LogP contribution in [0.15, 0.2) is 24.3 Å². The van der Waals surface area contributed by atoms with Gasteiger partial charge in [0, 0.05) is 31.1 Å². The van der Waals surface area contributed by atoms with Gasteiger partial charge >= 0.3 is 6.03 Å². The molecular formula is C18H26FN3O2. The fourth-order valence-corrected chi connectivity index (χ4v) is 2.86. The normalized spacial score (nSPS) is 14.9. The molecule has 0 bridgehead atoms. The number of amides is 3. The molecule has 1 saturated carbocycles. The molecule has 1 aliphatic rings. The Balaban J connectivity index is 1.54. The molecule has 1 fully saturated rings. The maximum atomic E-state index is 13.4. The number of benzene rings is 1. The molecule has 0 aromatic heterocycles. The van der Waals surface area contributed by atoms with Crippen LogP contribution in [0.25, 0.3) is 0 Å². The van der Waals surface area contributed by atoms with Crippen LogP contribution in [0.5, 0.6) is 0 Å². The van der Waals surface area contributed by atoms with E-state index in [1.165, 1.54) is 25.3 Å². The molecule has 0 spiro atoms. The van der Waals surface area contributed by atoms with E-state index in [0.29, 0.717) is 24.9 Å². The Bertz CT molecular complexity index is 545. The molecular weight excluding hydrogens is 309 g/mol. The quantitative estimate of drug-likeness (QED) is 0.671. The molecule has 2 rings (SSSR count). The van der Waals surface area contributed by atoms with Crippen LogP contribution in [-0.2, 0) is 11.3 Å². The Morgan fingerprint density at radius 3 is 2.58 bits per heavy atom. The monoisotopic (exact) mass is 335 g/mol. The van der Waals surface area contributed by atoms with Gasteiger partial charge in [0.25, 0.3) is 0 Å². The molecule has 3 amide bonds. The summed E-state index contributed by atoms with van der Waals surface area (Å²) in [5, 5.41) is 8.43. The van der Waals surface area contributed by atoms with Gasteiger partial charge in [-0.3, -0.25) is 4.79 Å². The fourth-order valence-electron chi connectivity index (χ4n) is 2.86. The zero-order valence-corrected chi connectivity index (χ0v) is 13.9. The summed E-state index contributed by atoms with van der Waals surface area (Å²) in [4.78, 5) is 23.5. The summed E-state index contributed by atoms with van der Waals surface area (Å²) >= 11 is 0. The molecule has 0 atom stereocenters. The van der Waals surface area contributed by atoms with Crippen molar-refractivity contribution in [3.63, 3.8) is 0 Å². The number of carbonyl (C=O) groups is 2. The molecule has 3 N–H and O–H groups in total. The van der Waals surface area contributed by atoms with E-state index < -0.39 is 0 Å². The number of carbonyl (C=O) groups excluding carboxylic acids is 2. The van der Waals surface area contributed by atoms with Crippen molar-refractivity contribution in [2.75, 3.05) is 6.54 Å². The third-order valence-corrected chi connectivity index (χ3v) is 4.24. The van der Waals surface area contributed by atoms with Gasteiger partial charge in [-0.2, -0.15) is 0 Å². The number of urea groups is 1. The lowest BCUT2D eigenvalue weighted by atomic mass is 9.96. The first-order chi connectivity index (χ1) is 11.6. The lowest BCUT2D eigenvalue weighted by Crippen LogP contribution is -2.43. The standard InChI is InChI=1S/C18H26FN3O2/c19-16-10-5-4-7-14(16)13-21-17(23)11-6-12-20-18(24)22-15-8-2-1-3-9-15/h4-5,7,10,15H,1-3,6,8-9,11-13H2,(H,21,23)(H2,20,22,24). The molecule has 132 valence electrons. The van der Waals surface area contributed by atoms with Crippen LogP contribution in [0.4, 0.5) is 9.18 Å². The van der Waals surface area contributed by atoms with Gasteiger partial charge in [-0.15, -0.1) is 0 Å². The third kappa shape index (κ3) is 6.56. The van der Waals surface area contributed by atoms with E-state index in [2.05, 4.69) is 16.0 Å². The average Bonchev–Trinajstić information content (AvgIpc) is 2.59. The van der Waals surface area contributed by atoms with E-state index in [9.17, 15) is 14.0 Å². The minimum absolute atomic E-state index is 0.146. The van der Waals surface area contributed by atoms with E-state index >= 15 is 0 Å². The SMILES string of the molecule is O=C(CCCNC(=O)NC1CCCCC1)NCc1ccccc1F. The molecule has 1 aliphatic carbocycles. The number of nitrogens with one attached hydrogen (secondary N) is 3. The molecule has 0 heterocycles. The maximum Gasteiger partial charge on any atom is 0.315 e. The summed E-state index contributed by atoms with van der Waals surface area (Å²) < 4.78 is 13.4. The molecule has 0 radical (unpaired) electrons. The number of hydrogen-bond donors (Lipinski definition) is 3. The van der Waals surface area contributed by atoms with Gasteiger partial charge in [0.15, 0.2) is 0 Å². The van der Waals surface area contributed by atoms with Crippen molar-refractivity contribution in [1.82, 2.24) is 16.0 Å². The summed E-state index contributed by atoms with van der Waals surface area (Å²) in [5.74, 6) is -0.466. The van der Waals surface area contributed by atoms with Crippen molar-refractivity contribution in [2.24, 2.45) is 0 Å². The number of rotatable bonds is 7. The molecule has 0 unspecified atom stereocenters. The first kappa shape index (κ1) is 18.2. The fraction of sp³-hybridized carbons (Fsp3) is 0.556. The summed E-state index contributed by atoms with van der Waals surface area (Å²) in [6.07, 6.45) is 6.55. The highest BCUT2D eigenvalue weighted by Crippen LogP contribution is 2.17. The van der Waals surface area contributed by atoms with Crippen LogP contribution in [0.2, 0.25) is 0 Å². The Kier molecular flexibility index (Phi) is 7.52. The van der Waals surface area contributed by atoms with Crippen LogP contribution in [0.1, 0.15) is 50.5 Å². The van der Waals surface area contributed by atoms with Gasteiger partial charge in [0.05, 0.1) is 0 Å². The first-order valence-corrected chi connectivity index (χ1v) is 8.69. The van der Waals surface area contributed by atoms with E-state index in [1.807, 2.05) is 0 Å². The third-order valence-electron chi connectivity index (χ3n) is 4.24. The van der Waals surface area contributed by atoms with Crippen LogP contribution in [-0.4, -0.2) is 24.5 Å². The highest BCUT2D eigenvalue weighted by atomic mass is 19.1. The Morgan fingerprint density at radius 1 is 1.08 bits per heavy atom. The van der Waals surface area contributed by atoms with E-state index in [4.69, 9.17) is 0 Å². The van der Waals surface area contributed by atoms with Crippen molar-refractivity contribution in [1.29, 1.82) is 0 Å². The highest BCUT2D eigenvalue weighted by molar-refractivity contribution is 5.76. The van der Waals surface area contributed by atoms with Crippen LogP contribution >= 0.6 is 0 Å². The van der Waals surface area contributed by atoms with Crippen molar-refractivity contribution in [3.8, 4) is 0 Å². The van der Waals surface area contributed by atoms with Gasteiger partial charge < -0.3 is 16.0 Å². The summed E-state index contributed by atoms with van der Waals surface area (Å²) in [5.41, 5.74) is 0.468. The van der Waals surface area contributed by atoms with Gasteiger partial charge in [-0.1, -0.05) is 37.5 Å². The van der Waals surface area contributed by atoms with Gasteiger partial charge in [0.2, 0.25) is 5.91 Å². The molecule has 0 saturated heterocycles. The summed E-state index contributed by atoms with van der Waals surface area (Å²) in [6, 6.07) is 6.49. The zero-order chi connectivity index (χ0) is 17.2. The van der Waals surface area contributed by atoms with Gasteiger partial charge in [0.1, 0.15) is 5.82 Å². The van der Waals surface area contributed by atoms with E-state index in [1.54, 1.807) is 18.2 Å². The van der Waals surface area contributed by atoms with Gasteiger partial charge in [-0.05, 0) is 25.3 Å². The zero-order valence-electron chi connectivity index (χ0n) is 13.9. The Morgan fingerprint density at radius 2 is 1.83 bits per heavy atom. The van der Waals surface area contributed by atoms with Crippen molar-refractivity contribution in [2.45, 2.75) is 57.5 Å². The molecule has 24 heavy (non-hydrogen) atoms. The highest BCUT2D eigenvalue weighted by Gasteiger charge is 2.15. The molecule has 0 aliphatic heterocycles. The lowest BCUT2D eigenvalue weighted by molar-refractivity contribution is -0.121. The van der Waals surface area contributed by atoms with Crippen molar-refractivity contribution in [3.05, 3.63) is 35.6 Å². The summed E-state index contributed by atoms with van der Waals surface area (Å²) in [7, 11) is 0. The number of halogens is 1. The van der Waals surface area contributed by atoms with E-state index in [0.717, 1.165) is 12.8 Å². The maximum absolute atomic E-state index is 13.4. The largest absolute Gasteiger partial charge is 0.352 e. The first-order valence-electron chi connectivity index (χ1n) is 8.69. The van der Waals surface area contributed by atoms with Crippen LogP contribution in [0, 0.1) is 5.82 Å². The van der Waals surface area contributed by atoms with Crippen LogP contribution < -0.4 is 16.0 Å². The van der Waals surface area contributed by atoms with Crippen molar-refractivity contribution >= 4 is 11.9 Å².